The van der Waals surface area contributed by atoms with Gasteiger partial charge in [-0.1, -0.05) is 77.9 Å². The quantitative estimate of drug-likeness (QED) is 0.339. The van der Waals surface area contributed by atoms with E-state index in [1.54, 1.807) is 0 Å². The van der Waals surface area contributed by atoms with Gasteiger partial charge in [-0.05, 0) is 25.8 Å². The molecule has 108 valence electrons. The predicted molar refractivity (Wildman–Crippen MR) is 84.1 cm³/mol. The molecular weight excluding hydrogens is 218 g/mol. The third kappa shape index (κ3) is 15.7. The maximum atomic E-state index is 3.43. The SMILES string of the molecule is CCCCCCCCCCC=CCCNC(C)C. The van der Waals surface area contributed by atoms with Crippen LogP contribution in [0.15, 0.2) is 12.2 Å². The molecule has 0 aliphatic rings. The van der Waals surface area contributed by atoms with Gasteiger partial charge in [-0.25, -0.2) is 0 Å². The van der Waals surface area contributed by atoms with Gasteiger partial charge in [0, 0.05) is 6.04 Å². The fourth-order valence-corrected chi connectivity index (χ4v) is 2.09. The molecule has 0 heterocycles. The topological polar surface area (TPSA) is 12.0 Å². The third-order valence-electron chi connectivity index (χ3n) is 3.25. The number of nitrogens with one attached hydrogen (secondary N) is 1. The van der Waals surface area contributed by atoms with E-state index in [9.17, 15) is 0 Å². The minimum absolute atomic E-state index is 0.617. The van der Waals surface area contributed by atoms with E-state index in [1.807, 2.05) is 0 Å². The molecule has 0 aromatic heterocycles. The highest BCUT2D eigenvalue weighted by atomic mass is 14.9. The summed E-state index contributed by atoms with van der Waals surface area (Å²) >= 11 is 0. The van der Waals surface area contributed by atoms with Gasteiger partial charge >= 0.3 is 0 Å². The van der Waals surface area contributed by atoms with Gasteiger partial charge in [-0.15, -0.1) is 0 Å². The molecule has 0 amide bonds. The van der Waals surface area contributed by atoms with Crippen LogP contribution in [0.4, 0.5) is 0 Å². The fourth-order valence-electron chi connectivity index (χ4n) is 2.09. The summed E-state index contributed by atoms with van der Waals surface area (Å²) in [6.07, 6.45) is 18.5. The van der Waals surface area contributed by atoms with E-state index >= 15 is 0 Å². The van der Waals surface area contributed by atoms with Crippen LogP contribution in [0.25, 0.3) is 0 Å². The van der Waals surface area contributed by atoms with E-state index in [2.05, 4.69) is 38.2 Å². The highest BCUT2D eigenvalue weighted by Crippen LogP contribution is 2.09. The highest BCUT2D eigenvalue weighted by molar-refractivity contribution is 4.82. The Hall–Kier alpha value is -0.300. The van der Waals surface area contributed by atoms with Crippen LogP contribution in [-0.4, -0.2) is 12.6 Å². The summed E-state index contributed by atoms with van der Waals surface area (Å²) in [4.78, 5) is 0. The van der Waals surface area contributed by atoms with Crippen molar-refractivity contribution in [1.82, 2.24) is 5.32 Å². The highest BCUT2D eigenvalue weighted by Gasteiger charge is 1.91. The maximum absolute atomic E-state index is 3.43. The minimum Gasteiger partial charge on any atom is -0.314 e. The zero-order valence-corrected chi connectivity index (χ0v) is 13.0. The van der Waals surface area contributed by atoms with Crippen molar-refractivity contribution in [3.05, 3.63) is 12.2 Å². The van der Waals surface area contributed by atoms with Crippen LogP contribution < -0.4 is 5.32 Å². The van der Waals surface area contributed by atoms with E-state index in [0.29, 0.717) is 6.04 Å². The molecule has 0 aromatic rings. The number of hydrogen-bond acceptors (Lipinski definition) is 1. The van der Waals surface area contributed by atoms with E-state index in [4.69, 9.17) is 0 Å². The molecule has 1 nitrogen and oxygen atoms in total. The number of unbranched alkanes of at least 4 members (excludes halogenated alkanes) is 8. The first-order valence-corrected chi connectivity index (χ1v) is 8.15. The van der Waals surface area contributed by atoms with Crippen molar-refractivity contribution in [1.29, 1.82) is 0 Å². The van der Waals surface area contributed by atoms with Gasteiger partial charge in [0.2, 0.25) is 0 Å². The molecule has 0 spiro atoms. The smallest absolute Gasteiger partial charge is 0.00105 e. The molecule has 0 rings (SSSR count). The zero-order valence-electron chi connectivity index (χ0n) is 13.0. The first-order chi connectivity index (χ1) is 8.77. The van der Waals surface area contributed by atoms with Crippen molar-refractivity contribution in [3.8, 4) is 0 Å². The van der Waals surface area contributed by atoms with Gasteiger partial charge in [0.1, 0.15) is 0 Å². The van der Waals surface area contributed by atoms with Gasteiger partial charge < -0.3 is 5.32 Å². The Morgan fingerprint density at radius 3 is 1.94 bits per heavy atom. The van der Waals surface area contributed by atoms with E-state index in [-0.39, 0.29) is 0 Å². The molecule has 18 heavy (non-hydrogen) atoms. The van der Waals surface area contributed by atoms with E-state index < -0.39 is 0 Å². The van der Waals surface area contributed by atoms with Crippen LogP contribution in [-0.2, 0) is 0 Å². The molecule has 0 saturated carbocycles. The zero-order chi connectivity index (χ0) is 13.5. The Kier molecular flexibility index (Phi) is 14.5. The van der Waals surface area contributed by atoms with Gasteiger partial charge in [0.15, 0.2) is 0 Å². The average Bonchev–Trinajstić information content (AvgIpc) is 2.34. The average molecular weight is 253 g/mol. The van der Waals surface area contributed by atoms with Crippen molar-refractivity contribution in [2.45, 2.75) is 91.0 Å². The summed E-state index contributed by atoms with van der Waals surface area (Å²) in [6.45, 7) is 7.79. The molecule has 0 radical (unpaired) electrons. The first-order valence-electron chi connectivity index (χ1n) is 8.15. The summed E-state index contributed by atoms with van der Waals surface area (Å²) in [5.74, 6) is 0. The van der Waals surface area contributed by atoms with Crippen LogP contribution in [0.3, 0.4) is 0 Å². The van der Waals surface area contributed by atoms with Crippen molar-refractivity contribution >= 4 is 0 Å². The maximum Gasteiger partial charge on any atom is 0.00105 e. The Morgan fingerprint density at radius 2 is 1.33 bits per heavy atom. The molecule has 0 unspecified atom stereocenters. The van der Waals surface area contributed by atoms with Gasteiger partial charge in [0.25, 0.3) is 0 Å². The van der Waals surface area contributed by atoms with Crippen molar-refractivity contribution in [2.75, 3.05) is 6.54 Å². The van der Waals surface area contributed by atoms with E-state index in [1.165, 1.54) is 64.2 Å². The molecule has 1 N–H and O–H groups in total. The number of allylic oxidation sites excluding steroid dienone is 1. The van der Waals surface area contributed by atoms with Crippen LogP contribution in [0.5, 0.6) is 0 Å². The summed E-state index contributed by atoms with van der Waals surface area (Å²) in [5.41, 5.74) is 0. The standard InChI is InChI=1S/C17H35N/c1-4-5-6-7-8-9-10-11-12-13-14-15-16-18-17(2)3/h13-14,17-18H,4-12,15-16H2,1-3H3. The molecule has 0 aliphatic carbocycles. The Bertz CT molecular complexity index is 172. The molecule has 0 fully saturated rings. The second kappa shape index (κ2) is 14.8. The molecular formula is C17H35N. The molecule has 0 atom stereocenters. The Labute approximate surface area is 115 Å². The normalized spacial score (nSPS) is 11.8. The van der Waals surface area contributed by atoms with Crippen molar-refractivity contribution in [3.63, 3.8) is 0 Å². The number of rotatable bonds is 13. The lowest BCUT2D eigenvalue weighted by Gasteiger charge is -2.04. The van der Waals surface area contributed by atoms with Gasteiger partial charge in [-0.2, -0.15) is 0 Å². The van der Waals surface area contributed by atoms with Crippen LogP contribution in [0.2, 0.25) is 0 Å². The Balaban J connectivity index is 3.04. The molecule has 0 aliphatic heterocycles. The molecule has 1 heteroatoms. The minimum atomic E-state index is 0.617. The predicted octanol–water partition coefficient (Wildman–Crippen LogP) is 5.46. The second-order valence-electron chi connectivity index (χ2n) is 5.63. The monoisotopic (exact) mass is 253 g/mol. The number of hydrogen-bond donors (Lipinski definition) is 1. The van der Waals surface area contributed by atoms with Crippen LogP contribution in [0.1, 0.15) is 85.0 Å². The lowest BCUT2D eigenvalue weighted by atomic mass is 10.1. The summed E-state index contributed by atoms with van der Waals surface area (Å²) in [5, 5.41) is 3.43. The summed E-state index contributed by atoms with van der Waals surface area (Å²) in [6, 6.07) is 0.617. The van der Waals surface area contributed by atoms with Crippen LogP contribution >= 0.6 is 0 Å². The fraction of sp³-hybridized carbons (Fsp3) is 0.882. The molecule has 0 saturated heterocycles. The first kappa shape index (κ1) is 17.7. The van der Waals surface area contributed by atoms with Gasteiger partial charge in [0.05, 0.1) is 0 Å². The lowest BCUT2D eigenvalue weighted by molar-refractivity contribution is 0.577. The third-order valence-corrected chi connectivity index (χ3v) is 3.25. The molecule has 0 aromatic carbocycles. The van der Waals surface area contributed by atoms with Gasteiger partial charge in [-0.3, -0.25) is 0 Å². The Morgan fingerprint density at radius 1 is 0.778 bits per heavy atom. The van der Waals surface area contributed by atoms with E-state index in [0.717, 1.165) is 6.54 Å². The summed E-state index contributed by atoms with van der Waals surface area (Å²) in [7, 11) is 0. The lowest BCUT2D eigenvalue weighted by Crippen LogP contribution is -2.23. The molecule has 0 bridgehead atoms. The van der Waals surface area contributed by atoms with Crippen molar-refractivity contribution < 1.29 is 0 Å². The van der Waals surface area contributed by atoms with Crippen LogP contribution in [0, 0.1) is 0 Å². The second-order valence-corrected chi connectivity index (χ2v) is 5.63. The van der Waals surface area contributed by atoms with Crippen molar-refractivity contribution in [2.24, 2.45) is 0 Å². The summed E-state index contributed by atoms with van der Waals surface area (Å²) < 4.78 is 0. The largest absolute Gasteiger partial charge is 0.314 e.